The lowest BCUT2D eigenvalue weighted by atomic mass is 10.00. The Kier molecular flexibility index (Phi) is 4.31. The van der Waals surface area contributed by atoms with E-state index in [1.807, 2.05) is 13.1 Å². The monoisotopic (exact) mass is 219 g/mol. The highest BCUT2D eigenvalue weighted by Gasteiger charge is 2.11. The van der Waals surface area contributed by atoms with Gasteiger partial charge in [-0.25, -0.2) is 0 Å². The van der Waals surface area contributed by atoms with Crippen LogP contribution in [-0.2, 0) is 6.54 Å². The third kappa shape index (κ3) is 3.58. The molecule has 1 aromatic heterocycles. The first-order valence-corrected chi connectivity index (χ1v) is 6.17. The van der Waals surface area contributed by atoms with Crippen molar-refractivity contribution >= 4 is 0 Å². The van der Waals surface area contributed by atoms with Crippen molar-refractivity contribution in [3.05, 3.63) is 29.6 Å². The number of nitrogens with zero attached hydrogens (tertiary/aromatic N) is 1. The molecule has 0 saturated carbocycles. The molecular formula is C13H21N3. The minimum absolute atomic E-state index is 0.798. The van der Waals surface area contributed by atoms with Crippen molar-refractivity contribution in [3.63, 3.8) is 0 Å². The van der Waals surface area contributed by atoms with E-state index in [0.717, 1.165) is 24.7 Å². The van der Waals surface area contributed by atoms with Crippen molar-refractivity contribution in [3.8, 4) is 0 Å². The lowest BCUT2D eigenvalue weighted by Gasteiger charge is -2.22. The van der Waals surface area contributed by atoms with E-state index in [4.69, 9.17) is 0 Å². The SMILES string of the molecule is Cc1ccc(CNCC2CCCNC2)cn1. The second-order valence-electron chi connectivity index (χ2n) is 4.65. The first-order chi connectivity index (χ1) is 7.84. The fourth-order valence-corrected chi connectivity index (χ4v) is 2.12. The highest BCUT2D eigenvalue weighted by atomic mass is 14.9. The molecule has 0 spiro atoms. The largest absolute Gasteiger partial charge is 0.316 e. The van der Waals surface area contributed by atoms with Crippen molar-refractivity contribution in [2.45, 2.75) is 26.3 Å². The molecule has 2 heterocycles. The third-order valence-corrected chi connectivity index (χ3v) is 3.13. The molecule has 0 aliphatic carbocycles. The molecule has 1 unspecified atom stereocenters. The van der Waals surface area contributed by atoms with Crippen LogP contribution in [0.4, 0.5) is 0 Å². The second-order valence-corrected chi connectivity index (χ2v) is 4.65. The molecule has 2 rings (SSSR count). The van der Waals surface area contributed by atoms with Crippen LogP contribution < -0.4 is 10.6 Å². The Balaban J connectivity index is 1.69. The van der Waals surface area contributed by atoms with Crippen LogP contribution in [0.2, 0.25) is 0 Å². The van der Waals surface area contributed by atoms with Crippen LogP contribution in [0.25, 0.3) is 0 Å². The van der Waals surface area contributed by atoms with Gasteiger partial charge in [-0.1, -0.05) is 6.07 Å². The number of aromatic nitrogens is 1. The molecule has 1 aliphatic rings. The van der Waals surface area contributed by atoms with Gasteiger partial charge in [0.2, 0.25) is 0 Å². The van der Waals surface area contributed by atoms with Gasteiger partial charge >= 0.3 is 0 Å². The summed E-state index contributed by atoms with van der Waals surface area (Å²) >= 11 is 0. The van der Waals surface area contributed by atoms with E-state index in [2.05, 4.69) is 27.8 Å². The Bertz CT molecular complexity index is 301. The molecule has 0 aromatic carbocycles. The number of hydrogen-bond acceptors (Lipinski definition) is 3. The highest BCUT2D eigenvalue weighted by molar-refractivity contribution is 5.12. The smallest absolute Gasteiger partial charge is 0.0372 e. The van der Waals surface area contributed by atoms with Gasteiger partial charge in [-0.15, -0.1) is 0 Å². The number of aryl methyl sites for hydroxylation is 1. The summed E-state index contributed by atoms with van der Waals surface area (Å²) in [6.45, 7) is 6.42. The number of rotatable bonds is 4. The fraction of sp³-hybridized carbons (Fsp3) is 0.615. The standard InChI is InChI=1S/C13H21N3/c1-11-4-5-13(10-16-11)9-15-8-12-3-2-6-14-7-12/h4-5,10,12,14-15H,2-3,6-9H2,1H3. The van der Waals surface area contributed by atoms with Crippen molar-refractivity contribution in [2.24, 2.45) is 5.92 Å². The van der Waals surface area contributed by atoms with E-state index < -0.39 is 0 Å². The second kappa shape index (κ2) is 5.97. The van der Waals surface area contributed by atoms with Gasteiger partial charge in [0.05, 0.1) is 0 Å². The molecule has 1 fully saturated rings. The summed E-state index contributed by atoms with van der Waals surface area (Å²) in [5.74, 6) is 0.798. The van der Waals surface area contributed by atoms with E-state index in [1.165, 1.54) is 31.5 Å². The predicted octanol–water partition coefficient (Wildman–Crippen LogP) is 1.48. The van der Waals surface area contributed by atoms with Crippen molar-refractivity contribution < 1.29 is 0 Å². The van der Waals surface area contributed by atoms with Crippen LogP contribution in [0.3, 0.4) is 0 Å². The molecule has 1 aliphatic heterocycles. The highest BCUT2D eigenvalue weighted by Crippen LogP contribution is 2.08. The summed E-state index contributed by atoms with van der Waals surface area (Å²) in [6.07, 6.45) is 4.63. The third-order valence-electron chi connectivity index (χ3n) is 3.13. The molecule has 88 valence electrons. The van der Waals surface area contributed by atoms with E-state index >= 15 is 0 Å². The fourth-order valence-electron chi connectivity index (χ4n) is 2.12. The average Bonchev–Trinajstić information content (AvgIpc) is 2.33. The van der Waals surface area contributed by atoms with Crippen LogP contribution in [0, 0.1) is 12.8 Å². The maximum Gasteiger partial charge on any atom is 0.0372 e. The molecule has 0 radical (unpaired) electrons. The van der Waals surface area contributed by atoms with Crippen LogP contribution in [-0.4, -0.2) is 24.6 Å². The Morgan fingerprint density at radius 1 is 1.50 bits per heavy atom. The Morgan fingerprint density at radius 2 is 2.44 bits per heavy atom. The molecular weight excluding hydrogens is 198 g/mol. The Morgan fingerprint density at radius 3 is 3.12 bits per heavy atom. The summed E-state index contributed by atoms with van der Waals surface area (Å²) in [7, 11) is 0. The topological polar surface area (TPSA) is 37.0 Å². The Hall–Kier alpha value is -0.930. The van der Waals surface area contributed by atoms with Crippen LogP contribution >= 0.6 is 0 Å². The number of piperidine rings is 1. The zero-order chi connectivity index (χ0) is 11.2. The first-order valence-electron chi connectivity index (χ1n) is 6.17. The molecule has 0 amide bonds. The van der Waals surface area contributed by atoms with Crippen molar-refractivity contribution in [1.82, 2.24) is 15.6 Å². The summed E-state index contributed by atoms with van der Waals surface area (Å²) in [5, 5.41) is 6.95. The van der Waals surface area contributed by atoms with Crippen LogP contribution in [0.1, 0.15) is 24.1 Å². The van der Waals surface area contributed by atoms with E-state index in [0.29, 0.717) is 0 Å². The Labute approximate surface area is 97.7 Å². The normalized spacial score (nSPS) is 20.9. The zero-order valence-corrected chi connectivity index (χ0v) is 10.00. The average molecular weight is 219 g/mol. The van der Waals surface area contributed by atoms with Crippen molar-refractivity contribution in [2.75, 3.05) is 19.6 Å². The minimum Gasteiger partial charge on any atom is -0.316 e. The van der Waals surface area contributed by atoms with Crippen LogP contribution in [0.5, 0.6) is 0 Å². The summed E-state index contributed by atoms with van der Waals surface area (Å²) < 4.78 is 0. The number of pyridine rings is 1. The van der Waals surface area contributed by atoms with Crippen LogP contribution in [0.15, 0.2) is 18.3 Å². The summed E-state index contributed by atoms with van der Waals surface area (Å²) in [5.41, 5.74) is 2.36. The van der Waals surface area contributed by atoms with Gasteiger partial charge in [-0.3, -0.25) is 4.98 Å². The van der Waals surface area contributed by atoms with E-state index in [-0.39, 0.29) is 0 Å². The lowest BCUT2D eigenvalue weighted by molar-refractivity contribution is 0.360. The molecule has 1 aromatic rings. The van der Waals surface area contributed by atoms with Crippen molar-refractivity contribution in [1.29, 1.82) is 0 Å². The van der Waals surface area contributed by atoms with Gasteiger partial charge in [0.15, 0.2) is 0 Å². The van der Waals surface area contributed by atoms with E-state index in [9.17, 15) is 0 Å². The molecule has 3 heteroatoms. The molecule has 1 saturated heterocycles. The van der Waals surface area contributed by atoms with E-state index in [1.54, 1.807) is 0 Å². The predicted molar refractivity (Wildman–Crippen MR) is 66.3 cm³/mol. The number of nitrogens with one attached hydrogen (secondary N) is 2. The molecule has 1 atom stereocenters. The van der Waals surface area contributed by atoms with Gasteiger partial charge in [0, 0.05) is 18.4 Å². The maximum atomic E-state index is 4.29. The minimum atomic E-state index is 0.798. The molecule has 2 N–H and O–H groups in total. The number of hydrogen-bond donors (Lipinski definition) is 2. The molecule has 3 nitrogen and oxygen atoms in total. The molecule has 16 heavy (non-hydrogen) atoms. The lowest BCUT2D eigenvalue weighted by Crippen LogP contribution is -2.35. The van der Waals surface area contributed by atoms with Gasteiger partial charge in [0.1, 0.15) is 0 Å². The van der Waals surface area contributed by atoms with Gasteiger partial charge < -0.3 is 10.6 Å². The maximum absolute atomic E-state index is 4.29. The zero-order valence-electron chi connectivity index (χ0n) is 10.00. The van der Waals surface area contributed by atoms with Gasteiger partial charge in [-0.2, -0.15) is 0 Å². The molecule has 0 bridgehead atoms. The van der Waals surface area contributed by atoms with Gasteiger partial charge in [-0.05, 0) is 56.9 Å². The summed E-state index contributed by atoms with van der Waals surface area (Å²) in [4.78, 5) is 4.29. The first kappa shape index (κ1) is 11.6. The summed E-state index contributed by atoms with van der Waals surface area (Å²) in [6, 6.07) is 4.22. The quantitative estimate of drug-likeness (QED) is 0.805. The van der Waals surface area contributed by atoms with Gasteiger partial charge in [0.25, 0.3) is 0 Å².